The van der Waals surface area contributed by atoms with Crippen LogP contribution in [0.5, 0.6) is 11.5 Å². The third-order valence-corrected chi connectivity index (χ3v) is 8.52. The molecule has 6 nitrogen and oxygen atoms in total. The van der Waals surface area contributed by atoms with Gasteiger partial charge in [0.15, 0.2) is 0 Å². The molecule has 2 heterocycles. The molecule has 0 N–H and O–H groups in total. The van der Waals surface area contributed by atoms with Gasteiger partial charge in [0.05, 0.1) is 36.9 Å². The minimum atomic E-state index is -0.136. The molecular weight excluding hydrogens is 480 g/mol. The van der Waals surface area contributed by atoms with E-state index < -0.39 is 0 Å². The van der Waals surface area contributed by atoms with Crippen molar-refractivity contribution >= 4 is 5.97 Å². The summed E-state index contributed by atoms with van der Waals surface area (Å²) in [6.07, 6.45) is 12.6. The van der Waals surface area contributed by atoms with E-state index in [4.69, 9.17) is 23.7 Å². The average Bonchev–Trinajstić information content (AvgIpc) is 3.87. The molecule has 4 aliphatic rings. The van der Waals surface area contributed by atoms with Crippen molar-refractivity contribution < 1.29 is 28.5 Å². The first-order valence-electron chi connectivity index (χ1n) is 14.6. The summed E-state index contributed by atoms with van der Waals surface area (Å²) in [6.45, 7) is 2.51. The summed E-state index contributed by atoms with van der Waals surface area (Å²) in [6, 6.07) is 15.9. The Morgan fingerprint density at radius 2 is 1.32 bits per heavy atom. The van der Waals surface area contributed by atoms with Gasteiger partial charge < -0.3 is 23.7 Å². The van der Waals surface area contributed by atoms with Gasteiger partial charge in [-0.05, 0) is 99.1 Å². The van der Waals surface area contributed by atoms with Crippen molar-refractivity contribution in [1.29, 1.82) is 0 Å². The lowest BCUT2D eigenvalue weighted by molar-refractivity contribution is -0.139. The number of carbonyl (C=O) groups excluding carboxylic acids is 1. The Hall–Kier alpha value is -2.41. The first-order chi connectivity index (χ1) is 18.7. The van der Waals surface area contributed by atoms with Crippen LogP contribution < -0.4 is 9.47 Å². The van der Waals surface area contributed by atoms with Crippen LogP contribution in [0.4, 0.5) is 0 Å². The number of fused-ring (bicyclic) bond motifs is 2. The maximum atomic E-state index is 12.5. The molecule has 0 bridgehead atoms. The van der Waals surface area contributed by atoms with Crippen LogP contribution in [0.25, 0.3) is 11.1 Å². The van der Waals surface area contributed by atoms with Gasteiger partial charge in [-0.15, -0.1) is 0 Å². The standard InChI is InChI=1S/C32H40O6/c33-32(25-10-16-29-31(20-25)38-29)36-27-13-8-24(9-14-27)23-6-11-26(12-7-23)35-18-4-2-1-3-17-34-21-22-5-15-28-30(19-22)37-28/h6-9,11-14,22,25,28-31H,1-5,10,15-21H2. The molecule has 6 rings (SSSR count). The van der Waals surface area contributed by atoms with E-state index in [-0.39, 0.29) is 18.0 Å². The lowest BCUT2D eigenvalue weighted by Gasteiger charge is -2.18. The predicted octanol–water partition coefficient (Wildman–Crippen LogP) is 6.35. The van der Waals surface area contributed by atoms with Crippen LogP contribution in [-0.2, 0) is 19.0 Å². The highest BCUT2D eigenvalue weighted by Crippen LogP contribution is 2.40. The Morgan fingerprint density at radius 3 is 2.00 bits per heavy atom. The lowest BCUT2D eigenvalue weighted by atomic mass is 9.89. The molecule has 2 saturated carbocycles. The molecular formula is C32H40O6. The summed E-state index contributed by atoms with van der Waals surface area (Å²) in [5.41, 5.74) is 2.19. The van der Waals surface area contributed by atoms with E-state index in [0.717, 1.165) is 75.2 Å². The number of epoxide rings is 2. The van der Waals surface area contributed by atoms with Crippen molar-refractivity contribution in [3.8, 4) is 22.6 Å². The fourth-order valence-corrected chi connectivity index (χ4v) is 6.01. The van der Waals surface area contributed by atoms with Gasteiger partial charge in [0, 0.05) is 13.2 Å². The normalized spacial score (nSPS) is 29.2. The van der Waals surface area contributed by atoms with E-state index in [1.807, 2.05) is 36.4 Å². The van der Waals surface area contributed by atoms with Gasteiger partial charge in [0.1, 0.15) is 11.5 Å². The summed E-state index contributed by atoms with van der Waals surface area (Å²) >= 11 is 0. The molecule has 2 saturated heterocycles. The van der Waals surface area contributed by atoms with Crippen LogP contribution in [0.3, 0.4) is 0 Å². The van der Waals surface area contributed by atoms with Crippen molar-refractivity contribution in [3.05, 3.63) is 48.5 Å². The van der Waals surface area contributed by atoms with Crippen molar-refractivity contribution in [2.24, 2.45) is 11.8 Å². The molecule has 2 aromatic rings. The predicted molar refractivity (Wildman–Crippen MR) is 144 cm³/mol. The maximum Gasteiger partial charge on any atom is 0.314 e. The molecule has 2 aliphatic carbocycles. The van der Waals surface area contributed by atoms with E-state index in [2.05, 4.69) is 12.1 Å². The molecule has 4 fully saturated rings. The largest absolute Gasteiger partial charge is 0.494 e. The molecule has 0 radical (unpaired) electrons. The van der Waals surface area contributed by atoms with Crippen LogP contribution in [0.2, 0.25) is 0 Å². The first-order valence-corrected chi connectivity index (χ1v) is 14.6. The lowest BCUT2D eigenvalue weighted by Crippen LogP contribution is -2.25. The quantitative estimate of drug-likeness (QED) is 0.133. The van der Waals surface area contributed by atoms with E-state index in [0.29, 0.717) is 30.0 Å². The minimum Gasteiger partial charge on any atom is -0.494 e. The molecule has 204 valence electrons. The Kier molecular flexibility index (Phi) is 8.29. The van der Waals surface area contributed by atoms with Gasteiger partial charge >= 0.3 is 5.97 Å². The molecule has 38 heavy (non-hydrogen) atoms. The molecule has 2 aliphatic heterocycles. The van der Waals surface area contributed by atoms with Crippen LogP contribution in [-0.4, -0.2) is 50.2 Å². The number of hydrogen-bond acceptors (Lipinski definition) is 6. The van der Waals surface area contributed by atoms with Gasteiger partial charge in [0.2, 0.25) is 0 Å². The summed E-state index contributed by atoms with van der Waals surface area (Å²) in [7, 11) is 0. The Balaban J connectivity index is 0.836. The first kappa shape index (κ1) is 25.8. The number of hydrogen-bond donors (Lipinski definition) is 0. The minimum absolute atomic E-state index is 0.0440. The number of unbranched alkanes of at least 4 members (excludes halogenated alkanes) is 3. The summed E-state index contributed by atoms with van der Waals surface area (Å²) in [5.74, 6) is 2.02. The molecule has 0 aromatic heterocycles. The molecule has 6 atom stereocenters. The third kappa shape index (κ3) is 6.96. The van der Waals surface area contributed by atoms with E-state index >= 15 is 0 Å². The third-order valence-electron chi connectivity index (χ3n) is 8.52. The van der Waals surface area contributed by atoms with Gasteiger partial charge in [0.25, 0.3) is 0 Å². The monoisotopic (exact) mass is 520 g/mol. The zero-order chi connectivity index (χ0) is 25.7. The molecule has 0 spiro atoms. The topological polar surface area (TPSA) is 69.8 Å². The smallest absolute Gasteiger partial charge is 0.314 e. The zero-order valence-corrected chi connectivity index (χ0v) is 22.2. The maximum absolute atomic E-state index is 12.5. The fourth-order valence-electron chi connectivity index (χ4n) is 6.01. The number of benzene rings is 2. The number of rotatable bonds is 13. The second kappa shape index (κ2) is 12.2. The number of ether oxygens (including phenoxy) is 5. The van der Waals surface area contributed by atoms with Crippen LogP contribution in [0.1, 0.15) is 64.2 Å². The molecule has 0 amide bonds. The SMILES string of the molecule is O=C(Oc1ccc(-c2ccc(OCCCCCCOCC3CCC4OC4C3)cc2)cc1)C1CCC2OC2C1. The summed E-state index contributed by atoms with van der Waals surface area (Å²) < 4.78 is 28.6. The van der Waals surface area contributed by atoms with Crippen LogP contribution >= 0.6 is 0 Å². The Bertz CT molecular complexity index is 1050. The highest BCUT2D eigenvalue weighted by Gasteiger charge is 2.46. The highest BCUT2D eigenvalue weighted by molar-refractivity contribution is 5.76. The Morgan fingerprint density at radius 1 is 0.684 bits per heavy atom. The van der Waals surface area contributed by atoms with E-state index in [9.17, 15) is 4.79 Å². The van der Waals surface area contributed by atoms with Crippen LogP contribution in [0.15, 0.2) is 48.5 Å². The van der Waals surface area contributed by atoms with Gasteiger partial charge in [-0.25, -0.2) is 0 Å². The van der Waals surface area contributed by atoms with Crippen molar-refractivity contribution in [1.82, 2.24) is 0 Å². The van der Waals surface area contributed by atoms with Crippen LogP contribution in [0, 0.1) is 11.8 Å². The second-order valence-corrected chi connectivity index (χ2v) is 11.4. The van der Waals surface area contributed by atoms with Gasteiger partial charge in [-0.1, -0.05) is 30.7 Å². The molecule has 6 unspecified atom stereocenters. The zero-order valence-electron chi connectivity index (χ0n) is 22.2. The van der Waals surface area contributed by atoms with Crippen molar-refractivity contribution in [3.63, 3.8) is 0 Å². The average molecular weight is 521 g/mol. The second-order valence-electron chi connectivity index (χ2n) is 11.4. The Labute approximate surface area is 225 Å². The fraction of sp³-hybridized carbons (Fsp3) is 0.594. The number of esters is 1. The van der Waals surface area contributed by atoms with Crippen molar-refractivity contribution in [2.45, 2.75) is 88.6 Å². The summed E-state index contributed by atoms with van der Waals surface area (Å²) in [5, 5.41) is 0. The van der Waals surface area contributed by atoms with Crippen molar-refractivity contribution in [2.75, 3.05) is 19.8 Å². The molecule has 6 heteroatoms. The van der Waals surface area contributed by atoms with Gasteiger partial charge in [-0.2, -0.15) is 0 Å². The van der Waals surface area contributed by atoms with Gasteiger partial charge in [-0.3, -0.25) is 4.79 Å². The number of carbonyl (C=O) groups is 1. The van der Waals surface area contributed by atoms with E-state index in [1.165, 1.54) is 25.7 Å². The molecule has 2 aromatic carbocycles. The summed E-state index contributed by atoms with van der Waals surface area (Å²) in [4.78, 5) is 12.5. The highest BCUT2D eigenvalue weighted by atomic mass is 16.6. The van der Waals surface area contributed by atoms with E-state index in [1.54, 1.807) is 0 Å².